The minimum absolute atomic E-state index is 0.00326. The monoisotopic (exact) mass is 363 g/mol. The fourth-order valence-corrected chi connectivity index (χ4v) is 6.17. The molecule has 0 aliphatic heterocycles. The molecule has 0 bridgehead atoms. The van der Waals surface area contributed by atoms with Crippen molar-refractivity contribution in [3.63, 3.8) is 0 Å². The molecule has 0 unspecified atom stereocenters. The van der Waals surface area contributed by atoms with Gasteiger partial charge in [0.05, 0.1) is 11.8 Å². The molecule has 0 spiro atoms. The Balaban J connectivity index is 2.01. The van der Waals surface area contributed by atoms with Crippen molar-refractivity contribution in [3.8, 4) is 0 Å². The number of carbonyl (C=O) groups excluding carboxylic acids is 1. The molecule has 3 rings (SSSR count). The SMILES string of the molecule is NC(=O)c1c(NS(=O)(=O)c2cnc(Cl)s2)sc2c1CCC2. The number of nitrogens with two attached hydrogens (primary N) is 1. The summed E-state index contributed by atoms with van der Waals surface area (Å²) >= 11 is 7.77. The van der Waals surface area contributed by atoms with Crippen molar-refractivity contribution in [1.29, 1.82) is 0 Å². The van der Waals surface area contributed by atoms with Gasteiger partial charge in [0, 0.05) is 4.88 Å². The van der Waals surface area contributed by atoms with E-state index in [1.165, 1.54) is 17.5 Å². The third-order valence-corrected chi connectivity index (χ3v) is 7.38. The summed E-state index contributed by atoms with van der Waals surface area (Å²) in [5.41, 5.74) is 6.55. The smallest absolute Gasteiger partial charge is 0.273 e. The number of thiophene rings is 1. The van der Waals surface area contributed by atoms with Gasteiger partial charge in [0.25, 0.3) is 15.9 Å². The first-order chi connectivity index (χ1) is 9.88. The zero-order chi connectivity index (χ0) is 15.2. The minimum atomic E-state index is -3.81. The summed E-state index contributed by atoms with van der Waals surface area (Å²) in [5.74, 6) is -0.616. The second-order valence-electron chi connectivity index (χ2n) is 4.46. The zero-order valence-electron chi connectivity index (χ0n) is 10.6. The third-order valence-electron chi connectivity index (χ3n) is 3.12. The lowest BCUT2D eigenvalue weighted by atomic mass is 10.1. The van der Waals surface area contributed by atoms with E-state index in [1.807, 2.05) is 0 Å². The van der Waals surface area contributed by atoms with Gasteiger partial charge in [-0.25, -0.2) is 13.4 Å². The van der Waals surface area contributed by atoms with Crippen molar-refractivity contribution in [3.05, 3.63) is 26.7 Å². The van der Waals surface area contributed by atoms with E-state index in [1.54, 1.807) is 0 Å². The number of halogens is 1. The number of rotatable bonds is 4. The number of hydrogen-bond donors (Lipinski definition) is 2. The fourth-order valence-electron chi connectivity index (χ4n) is 2.27. The first-order valence-corrected chi connectivity index (χ1v) is 9.46. The topological polar surface area (TPSA) is 102 Å². The van der Waals surface area contributed by atoms with Gasteiger partial charge < -0.3 is 5.73 Å². The van der Waals surface area contributed by atoms with Crippen molar-refractivity contribution in [2.45, 2.75) is 23.5 Å². The lowest BCUT2D eigenvalue weighted by Crippen LogP contribution is -2.17. The van der Waals surface area contributed by atoms with Crippen molar-refractivity contribution in [2.24, 2.45) is 5.73 Å². The number of amides is 1. The number of nitrogens with zero attached hydrogens (tertiary/aromatic N) is 1. The van der Waals surface area contributed by atoms with Crippen LogP contribution in [0.25, 0.3) is 0 Å². The second kappa shape index (κ2) is 5.24. The molecular weight excluding hydrogens is 354 g/mol. The molecule has 1 aliphatic rings. The number of anilines is 1. The van der Waals surface area contributed by atoms with Crippen LogP contribution in [0.2, 0.25) is 4.47 Å². The van der Waals surface area contributed by atoms with E-state index in [9.17, 15) is 13.2 Å². The molecule has 0 fully saturated rings. The van der Waals surface area contributed by atoms with Crippen LogP contribution in [-0.2, 0) is 22.9 Å². The Morgan fingerprint density at radius 2 is 2.14 bits per heavy atom. The lowest BCUT2D eigenvalue weighted by molar-refractivity contribution is 0.100. The molecule has 0 aromatic carbocycles. The third kappa shape index (κ3) is 2.66. The summed E-state index contributed by atoms with van der Waals surface area (Å²) in [7, 11) is -3.81. The Hall–Kier alpha value is -1.16. The Labute approximate surface area is 134 Å². The second-order valence-corrected chi connectivity index (χ2v) is 9.09. The van der Waals surface area contributed by atoms with Gasteiger partial charge in [-0.1, -0.05) is 22.9 Å². The zero-order valence-corrected chi connectivity index (χ0v) is 13.8. The maximum absolute atomic E-state index is 12.3. The summed E-state index contributed by atoms with van der Waals surface area (Å²) in [4.78, 5) is 16.4. The van der Waals surface area contributed by atoms with Crippen LogP contribution in [0, 0.1) is 0 Å². The molecule has 0 atom stereocenters. The highest BCUT2D eigenvalue weighted by molar-refractivity contribution is 7.95. The molecule has 10 heteroatoms. The van der Waals surface area contributed by atoms with Crippen LogP contribution in [0.3, 0.4) is 0 Å². The lowest BCUT2D eigenvalue weighted by Gasteiger charge is -2.06. The molecule has 21 heavy (non-hydrogen) atoms. The number of primary amides is 1. The van der Waals surface area contributed by atoms with Crippen LogP contribution >= 0.6 is 34.3 Å². The van der Waals surface area contributed by atoms with Gasteiger partial charge in [-0.15, -0.1) is 11.3 Å². The minimum Gasteiger partial charge on any atom is -0.365 e. The predicted octanol–water partition coefficient (Wildman–Crippen LogP) is 2.25. The van der Waals surface area contributed by atoms with Crippen LogP contribution < -0.4 is 10.5 Å². The largest absolute Gasteiger partial charge is 0.365 e. The molecule has 1 aliphatic carbocycles. The highest BCUT2D eigenvalue weighted by atomic mass is 35.5. The molecule has 6 nitrogen and oxygen atoms in total. The summed E-state index contributed by atoms with van der Waals surface area (Å²) < 4.78 is 27.1. The van der Waals surface area contributed by atoms with E-state index < -0.39 is 15.9 Å². The van der Waals surface area contributed by atoms with Crippen molar-refractivity contribution in [2.75, 3.05) is 4.72 Å². The van der Waals surface area contributed by atoms with Crippen molar-refractivity contribution in [1.82, 2.24) is 4.98 Å². The Bertz CT molecular complexity index is 825. The number of aromatic nitrogens is 1. The van der Waals surface area contributed by atoms with Gasteiger partial charge in [0.2, 0.25) is 0 Å². The number of hydrogen-bond acceptors (Lipinski definition) is 6. The molecule has 0 saturated carbocycles. The number of nitrogens with one attached hydrogen (secondary N) is 1. The Kier molecular flexibility index (Phi) is 3.68. The van der Waals surface area contributed by atoms with E-state index in [-0.39, 0.29) is 19.2 Å². The van der Waals surface area contributed by atoms with Gasteiger partial charge in [-0.05, 0) is 24.8 Å². The highest BCUT2D eigenvalue weighted by Gasteiger charge is 2.28. The molecule has 2 aromatic rings. The molecule has 3 N–H and O–H groups in total. The molecule has 112 valence electrons. The summed E-state index contributed by atoms with van der Waals surface area (Å²) in [6.07, 6.45) is 3.73. The number of carbonyl (C=O) groups is 1. The first kappa shape index (κ1) is 14.8. The summed E-state index contributed by atoms with van der Waals surface area (Å²) in [6.45, 7) is 0. The van der Waals surface area contributed by atoms with E-state index in [0.29, 0.717) is 0 Å². The van der Waals surface area contributed by atoms with E-state index in [2.05, 4.69) is 9.71 Å². The van der Waals surface area contributed by atoms with Gasteiger partial charge in [0.15, 0.2) is 8.68 Å². The maximum Gasteiger partial charge on any atom is 0.273 e. The van der Waals surface area contributed by atoms with Crippen LogP contribution in [0.5, 0.6) is 0 Å². The normalized spacial score (nSPS) is 14.1. The van der Waals surface area contributed by atoms with Crippen LogP contribution in [0.15, 0.2) is 10.4 Å². The molecule has 1 amide bonds. The fraction of sp³-hybridized carbons (Fsp3) is 0.273. The number of fused-ring (bicyclic) bond motifs is 1. The van der Waals surface area contributed by atoms with Gasteiger partial charge >= 0.3 is 0 Å². The van der Waals surface area contributed by atoms with Gasteiger partial charge in [-0.2, -0.15) is 0 Å². The van der Waals surface area contributed by atoms with Crippen LogP contribution in [0.1, 0.15) is 27.2 Å². The number of sulfonamides is 1. The number of aryl methyl sites for hydroxylation is 1. The van der Waals surface area contributed by atoms with Crippen molar-refractivity contribution < 1.29 is 13.2 Å². The Morgan fingerprint density at radius 1 is 1.38 bits per heavy atom. The van der Waals surface area contributed by atoms with Gasteiger partial charge in [0.1, 0.15) is 5.00 Å². The molecule has 0 radical (unpaired) electrons. The molecule has 2 heterocycles. The molecular formula is C11H10ClN3O3S3. The van der Waals surface area contributed by atoms with Gasteiger partial charge in [-0.3, -0.25) is 9.52 Å². The Morgan fingerprint density at radius 3 is 2.76 bits per heavy atom. The van der Waals surface area contributed by atoms with E-state index >= 15 is 0 Å². The standard InChI is InChI=1S/C11H10ClN3O3S3/c12-11-14-4-7(20-11)21(17,18)15-10-8(9(13)16)5-2-1-3-6(5)19-10/h4,15H,1-3H2,(H2,13,16). The van der Waals surface area contributed by atoms with Crippen molar-refractivity contribution >= 4 is 55.2 Å². The molecule has 0 saturated heterocycles. The average molecular weight is 364 g/mol. The predicted molar refractivity (Wildman–Crippen MR) is 82.8 cm³/mol. The summed E-state index contributed by atoms with van der Waals surface area (Å²) in [5, 5.41) is 0.275. The first-order valence-electron chi connectivity index (χ1n) is 5.97. The average Bonchev–Trinajstić information content (AvgIpc) is 3.03. The molecule has 2 aromatic heterocycles. The maximum atomic E-state index is 12.3. The van der Waals surface area contributed by atoms with Crippen LogP contribution in [-0.4, -0.2) is 19.3 Å². The van der Waals surface area contributed by atoms with Crippen LogP contribution in [0.4, 0.5) is 5.00 Å². The quantitative estimate of drug-likeness (QED) is 0.869. The highest BCUT2D eigenvalue weighted by Crippen LogP contribution is 2.40. The summed E-state index contributed by atoms with van der Waals surface area (Å²) in [6, 6.07) is 0. The number of thiazole rings is 1. The van der Waals surface area contributed by atoms with E-state index in [0.717, 1.165) is 41.0 Å². The van der Waals surface area contributed by atoms with E-state index in [4.69, 9.17) is 17.3 Å².